The lowest BCUT2D eigenvalue weighted by atomic mass is 10.2. The third-order valence-corrected chi connectivity index (χ3v) is 4.02. The number of hydrogen-bond donors (Lipinski definition) is 2. The van der Waals surface area contributed by atoms with Gasteiger partial charge >= 0.3 is 0 Å². The molecule has 0 bridgehead atoms. The molecule has 0 radical (unpaired) electrons. The van der Waals surface area contributed by atoms with Gasteiger partial charge in [-0.2, -0.15) is 0 Å². The lowest BCUT2D eigenvalue weighted by Crippen LogP contribution is -2.16. The molecule has 0 atom stereocenters. The maximum Gasteiger partial charge on any atom is 0.237 e. The Morgan fingerprint density at radius 2 is 1.90 bits per heavy atom. The van der Waals surface area contributed by atoms with E-state index >= 15 is 0 Å². The number of benzene rings is 2. The van der Waals surface area contributed by atoms with Crippen LogP contribution < -0.4 is 10.5 Å². The van der Waals surface area contributed by atoms with Crippen molar-refractivity contribution in [3.8, 4) is 0 Å². The van der Waals surface area contributed by atoms with E-state index in [1.165, 1.54) is 12.1 Å². The molecule has 0 unspecified atom stereocenters. The molecule has 2 aromatic carbocycles. The molecule has 0 spiro atoms. The average molecular weight is 294 g/mol. The molecule has 106 valence electrons. The first-order valence-corrected chi connectivity index (χ1v) is 7.62. The number of anilines is 2. The average Bonchev–Trinajstić information content (AvgIpc) is 2.33. The molecule has 4 nitrogen and oxygen atoms in total. The first kappa shape index (κ1) is 14.3. The number of nitrogens with one attached hydrogen (secondary N) is 1. The Balaban J connectivity index is 2.24. The number of nitrogens with two attached hydrogens (primary N) is 1. The highest BCUT2D eigenvalue weighted by Crippen LogP contribution is 2.21. The second-order valence-electron chi connectivity index (χ2n) is 4.54. The highest BCUT2D eigenvalue weighted by molar-refractivity contribution is 7.91. The molecule has 0 aliphatic rings. The van der Waals surface area contributed by atoms with Crippen molar-refractivity contribution in [2.75, 3.05) is 10.5 Å². The van der Waals surface area contributed by atoms with Crippen LogP contribution in [0.1, 0.15) is 11.1 Å². The predicted molar refractivity (Wildman–Crippen MR) is 78.2 cm³/mol. The molecule has 6 heteroatoms. The second-order valence-corrected chi connectivity index (χ2v) is 6.26. The third-order valence-electron chi connectivity index (χ3n) is 2.79. The van der Waals surface area contributed by atoms with Crippen molar-refractivity contribution in [1.82, 2.24) is 0 Å². The summed E-state index contributed by atoms with van der Waals surface area (Å²) >= 11 is 0. The quantitative estimate of drug-likeness (QED) is 0.851. The fraction of sp³-hybridized carbons (Fsp3) is 0.143. The summed E-state index contributed by atoms with van der Waals surface area (Å²) in [7, 11) is -3.69. The summed E-state index contributed by atoms with van der Waals surface area (Å²) in [5.41, 5.74) is 7.15. The lowest BCUT2D eigenvalue weighted by molar-refractivity contribution is 0.597. The van der Waals surface area contributed by atoms with E-state index in [0.29, 0.717) is 16.8 Å². The van der Waals surface area contributed by atoms with E-state index in [-0.39, 0.29) is 11.4 Å². The van der Waals surface area contributed by atoms with Crippen molar-refractivity contribution in [3.63, 3.8) is 0 Å². The number of para-hydroxylation sites is 1. The fourth-order valence-corrected chi connectivity index (χ4v) is 3.12. The first-order valence-electron chi connectivity index (χ1n) is 5.97. The molecule has 0 aliphatic carbocycles. The van der Waals surface area contributed by atoms with Crippen LogP contribution in [0.5, 0.6) is 0 Å². The van der Waals surface area contributed by atoms with Crippen LogP contribution in [0.25, 0.3) is 0 Å². The molecule has 20 heavy (non-hydrogen) atoms. The van der Waals surface area contributed by atoms with Crippen molar-refractivity contribution in [3.05, 3.63) is 59.4 Å². The Morgan fingerprint density at radius 3 is 2.55 bits per heavy atom. The molecule has 3 N–H and O–H groups in total. The zero-order chi connectivity index (χ0) is 14.8. The van der Waals surface area contributed by atoms with E-state index in [1.54, 1.807) is 37.3 Å². The van der Waals surface area contributed by atoms with Crippen LogP contribution in [0, 0.1) is 12.7 Å². The largest absolute Gasteiger partial charge is 0.399 e. The van der Waals surface area contributed by atoms with Crippen molar-refractivity contribution in [2.24, 2.45) is 0 Å². The van der Waals surface area contributed by atoms with Crippen molar-refractivity contribution in [1.29, 1.82) is 0 Å². The summed E-state index contributed by atoms with van der Waals surface area (Å²) in [6, 6.07) is 11.0. The minimum Gasteiger partial charge on any atom is -0.399 e. The summed E-state index contributed by atoms with van der Waals surface area (Å²) < 4.78 is 40.0. The lowest BCUT2D eigenvalue weighted by Gasteiger charge is -2.11. The summed E-state index contributed by atoms with van der Waals surface area (Å²) in [5.74, 6) is -0.854. The monoisotopic (exact) mass is 294 g/mol. The maximum absolute atomic E-state index is 13.6. The van der Waals surface area contributed by atoms with E-state index in [2.05, 4.69) is 4.72 Å². The zero-order valence-corrected chi connectivity index (χ0v) is 11.7. The Morgan fingerprint density at radius 1 is 1.20 bits per heavy atom. The molecule has 0 fully saturated rings. The van der Waals surface area contributed by atoms with E-state index < -0.39 is 15.8 Å². The van der Waals surface area contributed by atoms with Gasteiger partial charge in [-0.1, -0.05) is 24.3 Å². The highest BCUT2D eigenvalue weighted by Gasteiger charge is 2.15. The van der Waals surface area contributed by atoms with Crippen molar-refractivity contribution in [2.45, 2.75) is 12.7 Å². The Kier molecular flexibility index (Phi) is 3.94. The maximum atomic E-state index is 13.6. The highest BCUT2D eigenvalue weighted by atomic mass is 32.2. The Hall–Kier alpha value is -2.08. The molecule has 2 rings (SSSR count). The van der Waals surface area contributed by atoms with Crippen LogP contribution in [0.4, 0.5) is 15.8 Å². The van der Waals surface area contributed by atoms with Gasteiger partial charge in [0.25, 0.3) is 0 Å². The molecule has 0 saturated heterocycles. The van der Waals surface area contributed by atoms with Crippen LogP contribution in [-0.2, 0) is 15.8 Å². The molecule has 0 heterocycles. The number of halogens is 1. The number of hydrogen-bond acceptors (Lipinski definition) is 3. The van der Waals surface area contributed by atoms with Crippen LogP contribution >= 0.6 is 0 Å². The number of nitrogen functional groups attached to an aromatic ring is 1. The molecular weight excluding hydrogens is 279 g/mol. The standard InChI is InChI=1S/C14H15FN2O2S/c1-10-4-2-7-13(15)14(10)17-20(18,19)9-11-5-3-6-12(16)8-11/h2-8,17H,9,16H2,1H3. The summed E-state index contributed by atoms with van der Waals surface area (Å²) in [4.78, 5) is 0. The van der Waals surface area contributed by atoms with E-state index in [0.717, 1.165) is 0 Å². The Bertz CT molecular complexity index is 709. The smallest absolute Gasteiger partial charge is 0.237 e. The van der Waals surface area contributed by atoms with Gasteiger partial charge < -0.3 is 5.73 Å². The third kappa shape index (κ3) is 3.48. The predicted octanol–water partition coefficient (Wildman–Crippen LogP) is 2.66. The summed E-state index contributed by atoms with van der Waals surface area (Å²) in [5, 5.41) is 0. The first-order chi connectivity index (χ1) is 9.37. The molecule has 0 amide bonds. The zero-order valence-electron chi connectivity index (χ0n) is 10.9. The SMILES string of the molecule is Cc1cccc(F)c1NS(=O)(=O)Cc1cccc(N)c1. The Labute approximate surface area is 117 Å². The molecular formula is C14H15FN2O2S. The van der Waals surface area contributed by atoms with Gasteiger partial charge in [-0.3, -0.25) is 4.72 Å². The van der Waals surface area contributed by atoms with Crippen LogP contribution in [-0.4, -0.2) is 8.42 Å². The van der Waals surface area contributed by atoms with Gasteiger partial charge in [0.05, 0.1) is 11.4 Å². The van der Waals surface area contributed by atoms with Crippen LogP contribution in [0.3, 0.4) is 0 Å². The number of sulfonamides is 1. The van der Waals surface area contributed by atoms with Gasteiger partial charge in [-0.05, 0) is 36.2 Å². The summed E-state index contributed by atoms with van der Waals surface area (Å²) in [6.07, 6.45) is 0. The summed E-state index contributed by atoms with van der Waals surface area (Å²) in [6.45, 7) is 1.64. The molecule has 2 aromatic rings. The van der Waals surface area contributed by atoms with Crippen molar-refractivity contribution < 1.29 is 12.8 Å². The van der Waals surface area contributed by atoms with E-state index in [1.807, 2.05) is 0 Å². The van der Waals surface area contributed by atoms with Gasteiger partial charge in [-0.15, -0.1) is 0 Å². The fourth-order valence-electron chi connectivity index (χ4n) is 1.86. The normalized spacial score (nSPS) is 11.3. The molecule has 0 saturated carbocycles. The van der Waals surface area contributed by atoms with Gasteiger partial charge in [0.1, 0.15) is 5.82 Å². The van der Waals surface area contributed by atoms with Gasteiger partial charge in [0.15, 0.2) is 0 Å². The topological polar surface area (TPSA) is 72.2 Å². The van der Waals surface area contributed by atoms with Crippen LogP contribution in [0.15, 0.2) is 42.5 Å². The van der Waals surface area contributed by atoms with Crippen LogP contribution in [0.2, 0.25) is 0 Å². The number of aryl methyl sites for hydroxylation is 1. The van der Waals surface area contributed by atoms with Gasteiger partial charge in [-0.25, -0.2) is 12.8 Å². The molecule has 0 aliphatic heterocycles. The minimum absolute atomic E-state index is 0.0172. The molecule has 0 aromatic heterocycles. The van der Waals surface area contributed by atoms with E-state index in [9.17, 15) is 12.8 Å². The van der Waals surface area contributed by atoms with E-state index in [4.69, 9.17) is 5.73 Å². The number of rotatable bonds is 4. The minimum atomic E-state index is -3.69. The van der Waals surface area contributed by atoms with Crippen molar-refractivity contribution >= 4 is 21.4 Å². The second kappa shape index (κ2) is 5.50. The van der Waals surface area contributed by atoms with Gasteiger partial charge in [0, 0.05) is 5.69 Å². The van der Waals surface area contributed by atoms with Gasteiger partial charge in [0.2, 0.25) is 10.0 Å².